The standard InChI is InChI=1S/C8H12N2/c1-2-7-6-9-5-3-8(7)10-4-1/h4,9H,1-3,5-6H2/p+1. The highest BCUT2D eigenvalue weighted by Gasteiger charge is 2.17. The first kappa shape index (κ1) is 6.10. The summed E-state index contributed by atoms with van der Waals surface area (Å²) < 4.78 is 0. The van der Waals surface area contributed by atoms with Crippen LogP contribution in [0.15, 0.2) is 11.3 Å². The molecule has 0 atom stereocenters. The summed E-state index contributed by atoms with van der Waals surface area (Å²) in [5.74, 6) is 0. The molecule has 0 saturated carbocycles. The van der Waals surface area contributed by atoms with Gasteiger partial charge in [0.1, 0.15) is 6.21 Å². The van der Waals surface area contributed by atoms with Crippen molar-refractivity contribution >= 4 is 6.21 Å². The van der Waals surface area contributed by atoms with Gasteiger partial charge < -0.3 is 5.32 Å². The van der Waals surface area contributed by atoms with Crippen molar-refractivity contribution in [1.82, 2.24) is 5.32 Å². The first-order valence-electron chi connectivity index (χ1n) is 3.96. The van der Waals surface area contributed by atoms with E-state index < -0.39 is 0 Å². The minimum atomic E-state index is 1.11. The van der Waals surface area contributed by atoms with Gasteiger partial charge in [-0.1, -0.05) is 0 Å². The molecule has 0 aromatic rings. The van der Waals surface area contributed by atoms with E-state index in [0.717, 1.165) is 13.1 Å². The molecule has 54 valence electrons. The van der Waals surface area contributed by atoms with E-state index in [0.29, 0.717) is 0 Å². The van der Waals surface area contributed by atoms with Gasteiger partial charge in [-0.3, -0.25) is 0 Å². The zero-order chi connectivity index (χ0) is 6.81. The first-order valence-corrected chi connectivity index (χ1v) is 3.96. The van der Waals surface area contributed by atoms with Crippen LogP contribution in [-0.2, 0) is 0 Å². The summed E-state index contributed by atoms with van der Waals surface area (Å²) in [6.45, 7) is 2.25. The second kappa shape index (κ2) is 2.54. The predicted molar refractivity (Wildman–Crippen MR) is 40.8 cm³/mol. The third kappa shape index (κ3) is 0.991. The maximum Gasteiger partial charge on any atom is 0.181 e. The Kier molecular flexibility index (Phi) is 1.55. The molecule has 0 unspecified atom stereocenters. The summed E-state index contributed by atoms with van der Waals surface area (Å²) >= 11 is 0. The Morgan fingerprint density at radius 1 is 1.40 bits per heavy atom. The van der Waals surface area contributed by atoms with Crippen molar-refractivity contribution in [2.45, 2.75) is 19.3 Å². The van der Waals surface area contributed by atoms with Crippen molar-refractivity contribution in [1.29, 1.82) is 0 Å². The molecule has 0 amide bonds. The van der Waals surface area contributed by atoms with Crippen LogP contribution in [-0.4, -0.2) is 19.3 Å². The Bertz CT molecular complexity index is 191. The first-order chi connectivity index (χ1) is 4.97. The average molecular weight is 137 g/mol. The van der Waals surface area contributed by atoms with E-state index in [1.54, 1.807) is 5.57 Å². The molecular weight excluding hydrogens is 124 g/mol. The van der Waals surface area contributed by atoms with Crippen LogP contribution in [0.25, 0.3) is 0 Å². The van der Waals surface area contributed by atoms with E-state index in [1.807, 2.05) is 0 Å². The molecule has 0 saturated heterocycles. The van der Waals surface area contributed by atoms with E-state index in [1.165, 1.54) is 25.0 Å². The molecular formula is C8H13N2+. The Morgan fingerprint density at radius 3 is 3.30 bits per heavy atom. The van der Waals surface area contributed by atoms with Gasteiger partial charge in [0, 0.05) is 31.5 Å². The van der Waals surface area contributed by atoms with Crippen molar-refractivity contribution in [3.8, 4) is 0 Å². The van der Waals surface area contributed by atoms with Crippen molar-refractivity contribution in [3.63, 3.8) is 0 Å². The molecule has 2 N–H and O–H groups in total. The summed E-state index contributed by atoms with van der Waals surface area (Å²) in [7, 11) is 0. The van der Waals surface area contributed by atoms with E-state index >= 15 is 0 Å². The largest absolute Gasteiger partial charge is 0.312 e. The summed E-state index contributed by atoms with van der Waals surface area (Å²) in [5.41, 5.74) is 3.07. The lowest BCUT2D eigenvalue weighted by Gasteiger charge is -2.16. The van der Waals surface area contributed by atoms with Crippen LogP contribution < -0.4 is 10.3 Å². The molecule has 10 heavy (non-hydrogen) atoms. The highest BCUT2D eigenvalue weighted by atomic mass is 14.9. The molecule has 2 heterocycles. The lowest BCUT2D eigenvalue weighted by molar-refractivity contribution is -0.400. The third-order valence-corrected chi connectivity index (χ3v) is 2.18. The fraction of sp³-hybridized carbons (Fsp3) is 0.625. The van der Waals surface area contributed by atoms with Crippen LogP contribution >= 0.6 is 0 Å². The fourth-order valence-electron chi connectivity index (χ4n) is 1.59. The minimum absolute atomic E-state index is 1.11. The maximum atomic E-state index is 3.37. The lowest BCUT2D eigenvalue weighted by atomic mass is 10.0. The second-order valence-corrected chi connectivity index (χ2v) is 2.90. The highest BCUT2D eigenvalue weighted by molar-refractivity contribution is 5.52. The van der Waals surface area contributed by atoms with E-state index in [4.69, 9.17) is 0 Å². The van der Waals surface area contributed by atoms with Gasteiger partial charge in [-0.2, -0.15) is 0 Å². The zero-order valence-corrected chi connectivity index (χ0v) is 6.11. The third-order valence-electron chi connectivity index (χ3n) is 2.18. The Morgan fingerprint density at radius 2 is 2.40 bits per heavy atom. The molecule has 0 fully saturated rings. The van der Waals surface area contributed by atoms with Crippen molar-refractivity contribution < 1.29 is 4.99 Å². The molecule has 2 rings (SSSR count). The molecule has 0 spiro atoms. The van der Waals surface area contributed by atoms with Crippen LogP contribution in [0.1, 0.15) is 19.3 Å². The van der Waals surface area contributed by atoms with Gasteiger partial charge in [0.05, 0.1) is 0 Å². The van der Waals surface area contributed by atoms with E-state index in [-0.39, 0.29) is 0 Å². The Hall–Kier alpha value is -0.630. The quantitative estimate of drug-likeness (QED) is 0.448. The number of nitrogens with one attached hydrogen (secondary N) is 2. The molecule has 2 aliphatic rings. The Labute approximate surface area is 61.0 Å². The average Bonchev–Trinajstić information content (AvgIpc) is 2.05. The van der Waals surface area contributed by atoms with Crippen LogP contribution in [0.2, 0.25) is 0 Å². The molecule has 0 radical (unpaired) electrons. The number of rotatable bonds is 0. The van der Waals surface area contributed by atoms with Gasteiger partial charge in [-0.25, -0.2) is 4.99 Å². The molecule has 0 bridgehead atoms. The van der Waals surface area contributed by atoms with E-state index in [9.17, 15) is 0 Å². The van der Waals surface area contributed by atoms with Gasteiger partial charge in [0.15, 0.2) is 5.70 Å². The zero-order valence-electron chi connectivity index (χ0n) is 6.11. The second-order valence-electron chi connectivity index (χ2n) is 2.90. The van der Waals surface area contributed by atoms with Crippen LogP contribution in [0.5, 0.6) is 0 Å². The van der Waals surface area contributed by atoms with Gasteiger partial charge in [-0.05, 0) is 6.42 Å². The van der Waals surface area contributed by atoms with Crippen LogP contribution in [0, 0.1) is 0 Å². The number of hydrogen-bond acceptors (Lipinski definition) is 1. The maximum absolute atomic E-state index is 3.37. The summed E-state index contributed by atoms with van der Waals surface area (Å²) in [6, 6.07) is 0. The normalized spacial score (nSPS) is 24.8. The van der Waals surface area contributed by atoms with Crippen molar-refractivity contribution in [3.05, 3.63) is 11.3 Å². The molecule has 0 aromatic heterocycles. The summed E-state index contributed by atoms with van der Waals surface area (Å²) in [6.07, 6.45) is 5.81. The van der Waals surface area contributed by atoms with Gasteiger partial charge in [0.25, 0.3) is 0 Å². The summed E-state index contributed by atoms with van der Waals surface area (Å²) in [4.78, 5) is 3.34. The van der Waals surface area contributed by atoms with Crippen LogP contribution in [0.4, 0.5) is 0 Å². The monoisotopic (exact) mass is 137 g/mol. The van der Waals surface area contributed by atoms with Crippen molar-refractivity contribution in [2.24, 2.45) is 0 Å². The summed E-state index contributed by atoms with van der Waals surface area (Å²) in [5, 5.41) is 3.37. The van der Waals surface area contributed by atoms with Gasteiger partial charge in [0.2, 0.25) is 0 Å². The smallest absolute Gasteiger partial charge is 0.181 e. The predicted octanol–water partition coefficient (Wildman–Crippen LogP) is -0.821. The van der Waals surface area contributed by atoms with Crippen LogP contribution in [0.3, 0.4) is 0 Å². The van der Waals surface area contributed by atoms with Crippen molar-refractivity contribution in [2.75, 3.05) is 13.1 Å². The fourth-order valence-corrected chi connectivity index (χ4v) is 1.59. The van der Waals surface area contributed by atoms with E-state index in [2.05, 4.69) is 16.5 Å². The van der Waals surface area contributed by atoms with Gasteiger partial charge >= 0.3 is 0 Å². The SMILES string of the molecule is C1=[NH+]C2=C(CC1)CNCC2. The molecule has 2 heteroatoms. The molecule has 2 nitrogen and oxygen atoms in total. The minimum Gasteiger partial charge on any atom is -0.312 e. The van der Waals surface area contributed by atoms with Gasteiger partial charge in [-0.15, -0.1) is 0 Å². The Balaban J connectivity index is 2.23. The molecule has 2 aliphatic heterocycles. The topological polar surface area (TPSA) is 26.0 Å². The molecule has 0 aromatic carbocycles. The lowest BCUT2D eigenvalue weighted by Crippen LogP contribution is -2.69. The number of hydrogen-bond donors (Lipinski definition) is 2. The molecule has 0 aliphatic carbocycles. The highest BCUT2D eigenvalue weighted by Crippen LogP contribution is 2.12.